The fraction of sp³-hybridized carbons (Fsp3) is 0.417. The molecule has 1 fully saturated rings. The molecule has 2 aliphatic carbocycles. The molecule has 4 atom stereocenters. The van der Waals surface area contributed by atoms with Gasteiger partial charge in [-0.05, 0) is 0 Å². The Balaban J connectivity index is 1.70. The zero-order valence-corrected chi connectivity index (χ0v) is 20.3. The number of benzene rings is 2. The van der Waals surface area contributed by atoms with E-state index in [2.05, 4.69) is 67.5 Å². The van der Waals surface area contributed by atoms with Gasteiger partial charge in [-0.15, -0.1) is 0 Å². The molecule has 0 bridgehead atoms. The summed E-state index contributed by atoms with van der Waals surface area (Å²) >= 11 is -4.31. The summed E-state index contributed by atoms with van der Waals surface area (Å²) in [7, 11) is 19.1. The van der Waals surface area contributed by atoms with Crippen molar-refractivity contribution < 1.29 is 13.4 Å². The zero-order chi connectivity index (χ0) is 20.7. The molecule has 5 heteroatoms. The summed E-state index contributed by atoms with van der Waals surface area (Å²) < 4.78 is 7.88. The normalized spacial score (nSPS) is 28.1. The minimum absolute atomic E-state index is 0.164. The molecule has 2 aromatic carbocycles. The van der Waals surface area contributed by atoms with Crippen molar-refractivity contribution in [3.8, 4) is 0 Å². The van der Waals surface area contributed by atoms with Crippen molar-refractivity contribution in [3.05, 3.63) is 77.4 Å². The quantitative estimate of drug-likeness (QED) is 0.518. The van der Waals surface area contributed by atoms with E-state index in [4.69, 9.17) is 22.8 Å². The van der Waals surface area contributed by atoms with Gasteiger partial charge < -0.3 is 0 Å². The van der Waals surface area contributed by atoms with Crippen molar-refractivity contribution in [2.75, 3.05) is 14.1 Å². The second kappa shape index (κ2) is 8.15. The summed E-state index contributed by atoms with van der Waals surface area (Å²) in [5.74, 6) is 0.756. The van der Waals surface area contributed by atoms with Gasteiger partial charge in [-0.1, -0.05) is 0 Å². The molecule has 0 radical (unpaired) electrons. The van der Waals surface area contributed by atoms with Crippen LogP contribution >= 0.6 is 18.6 Å². The maximum absolute atomic E-state index is 7.37. The van der Waals surface area contributed by atoms with Crippen LogP contribution in [-0.2, 0) is 18.2 Å². The monoisotopic (exact) mass is 465 g/mol. The number of hydrogen-bond donors (Lipinski definition) is 1. The number of halogens is 2. The Morgan fingerprint density at radius 1 is 1.00 bits per heavy atom. The fourth-order valence-corrected chi connectivity index (χ4v) is 14.0. The standard InChI is InChI=1S/C17H22N.C7H7.2ClH.H2N.Ti/c1-18(2)15-10-7-14(8-11-15)17-12-9-13-5-3-4-6-16(13)17;1-7-5-3-2-4-6-7;;;;/h3-7,9,12,14-15,17H,8,10-11H2,1-2H3;2-6H,1H2;2*1H;1H2;/q;;;;-1;+3/p-2. The van der Waals surface area contributed by atoms with Crippen LogP contribution in [0.4, 0.5) is 0 Å². The first-order chi connectivity index (χ1) is 13.7. The van der Waals surface area contributed by atoms with E-state index in [9.17, 15) is 0 Å². The van der Waals surface area contributed by atoms with Gasteiger partial charge in [0.15, 0.2) is 0 Å². The van der Waals surface area contributed by atoms with E-state index in [1.165, 1.54) is 17.5 Å². The molecular weight excluding hydrogens is 435 g/mol. The predicted molar refractivity (Wildman–Crippen MR) is 123 cm³/mol. The summed E-state index contributed by atoms with van der Waals surface area (Å²) in [6.45, 7) is 0. The van der Waals surface area contributed by atoms with E-state index in [1.54, 1.807) is 0 Å². The summed E-state index contributed by atoms with van der Waals surface area (Å²) in [6, 6.07) is 19.5. The van der Waals surface area contributed by atoms with Gasteiger partial charge in [-0.3, -0.25) is 0 Å². The Morgan fingerprint density at radius 3 is 2.41 bits per heavy atom. The van der Waals surface area contributed by atoms with E-state index < -0.39 is 13.4 Å². The molecule has 0 saturated heterocycles. The van der Waals surface area contributed by atoms with Gasteiger partial charge in [0.05, 0.1) is 0 Å². The number of allylic oxidation sites excluding steroid dienone is 1. The Kier molecular flexibility index (Phi) is 6.07. The molecule has 4 unspecified atom stereocenters. The van der Waals surface area contributed by atoms with Crippen molar-refractivity contribution in [1.29, 1.82) is 0 Å². The van der Waals surface area contributed by atoms with Crippen molar-refractivity contribution >= 4 is 24.7 Å². The molecule has 0 spiro atoms. The molecule has 2 aromatic rings. The molecule has 0 aromatic heterocycles. The van der Waals surface area contributed by atoms with Gasteiger partial charge in [0.25, 0.3) is 0 Å². The average molecular weight is 466 g/mol. The maximum atomic E-state index is 7.37. The number of hydrogen-bond acceptors (Lipinski definition) is 2. The first-order valence-electron chi connectivity index (χ1n) is 10.6. The van der Waals surface area contributed by atoms with E-state index in [-0.39, 0.29) is 4.22 Å². The van der Waals surface area contributed by atoms with Gasteiger partial charge in [0.1, 0.15) is 0 Å². The third kappa shape index (κ3) is 4.54. The number of rotatable bonds is 5. The summed E-state index contributed by atoms with van der Waals surface area (Å²) in [5.41, 5.74) is 3.88. The molecular formula is C24H31Cl2N2Ti. The van der Waals surface area contributed by atoms with Crippen LogP contribution in [0.1, 0.15) is 41.9 Å². The Hall–Kier alpha value is -0.606. The topological polar surface area (TPSA) is 29.3 Å². The third-order valence-electron chi connectivity index (χ3n) is 7.05. The summed E-state index contributed by atoms with van der Waals surface area (Å²) in [6.07, 6.45) is 7.88. The van der Waals surface area contributed by atoms with E-state index in [0.29, 0.717) is 22.6 Å². The van der Waals surface area contributed by atoms with Crippen molar-refractivity contribution in [1.82, 2.24) is 4.90 Å². The van der Waals surface area contributed by atoms with Crippen LogP contribution < -0.4 is 4.22 Å². The number of nitrogens with two attached hydrogens (primary N) is 1. The predicted octanol–water partition coefficient (Wildman–Crippen LogP) is 6.39. The molecule has 1 saturated carbocycles. The molecule has 4 rings (SSSR count). The summed E-state index contributed by atoms with van der Waals surface area (Å²) in [4.78, 5) is 2.32. The van der Waals surface area contributed by atoms with Crippen molar-refractivity contribution in [2.45, 2.75) is 40.2 Å². The molecule has 0 aliphatic heterocycles. The second-order valence-corrected chi connectivity index (χ2v) is 23.3. The van der Waals surface area contributed by atoms with Gasteiger partial charge in [-0.25, -0.2) is 0 Å². The van der Waals surface area contributed by atoms with Crippen LogP contribution in [0.3, 0.4) is 0 Å². The summed E-state index contributed by atoms with van der Waals surface area (Å²) in [5, 5.41) is 0. The van der Waals surface area contributed by atoms with Crippen LogP contribution in [0.2, 0.25) is 4.22 Å². The van der Waals surface area contributed by atoms with E-state index in [0.717, 1.165) is 18.4 Å². The first kappa shape index (κ1) is 21.6. The van der Waals surface area contributed by atoms with Crippen molar-refractivity contribution in [3.63, 3.8) is 0 Å². The Bertz CT molecular complexity index is 888. The third-order valence-corrected chi connectivity index (χ3v) is 15.6. The molecule has 155 valence electrons. The average Bonchev–Trinajstić information content (AvgIpc) is 3.11. The van der Waals surface area contributed by atoms with Crippen LogP contribution in [0.15, 0.2) is 60.7 Å². The van der Waals surface area contributed by atoms with Gasteiger partial charge in [0.2, 0.25) is 0 Å². The Morgan fingerprint density at radius 2 is 1.69 bits per heavy atom. The van der Waals surface area contributed by atoms with Crippen LogP contribution in [-0.4, -0.2) is 25.0 Å². The SMILES string of the molecule is CN(C)C1CCC(C2C=Cc3ccccc32)[CH]([Ti]([NH2])([Cl])([Cl])[CH2]c2ccccc2)C1. The minimum atomic E-state index is -4.31. The van der Waals surface area contributed by atoms with Gasteiger partial charge >= 0.3 is 185 Å². The number of nitrogens with zero attached hydrogens (tertiary/aromatic N) is 1. The van der Waals surface area contributed by atoms with Gasteiger partial charge in [-0.2, -0.15) is 0 Å². The van der Waals surface area contributed by atoms with Gasteiger partial charge in [0, 0.05) is 0 Å². The van der Waals surface area contributed by atoms with E-state index in [1.807, 2.05) is 18.2 Å². The fourth-order valence-electron chi connectivity index (χ4n) is 5.52. The molecule has 2 aliphatic rings. The second-order valence-electron chi connectivity index (χ2n) is 9.23. The van der Waals surface area contributed by atoms with Crippen LogP contribution in [0.25, 0.3) is 6.08 Å². The molecule has 0 amide bonds. The van der Waals surface area contributed by atoms with Crippen molar-refractivity contribution in [2.24, 2.45) is 10.1 Å². The number of fused-ring (bicyclic) bond motifs is 1. The zero-order valence-electron chi connectivity index (χ0n) is 17.3. The van der Waals surface area contributed by atoms with Crippen LogP contribution in [0, 0.1) is 5.92 Å². The first-order valence-corrected chi connectivity index (χ1v) is 17.8. The molecule has 2 N–H and O–H groups in total. The van der Waals surface area contributed by atoms with Crippen LogP contribution in [0.5, 0.6) is 0 Å². The van der Waals surface area contributed by atoms with E-state index >= 15 is 0 Å². The molecule has 0 heterocycles. The molecule has 2 nitrogen and oxygen atoms in total. The Labute approximate surface area is 184 Å². The molecule has 29 heavy (non-hydrogen) atoms.